The summed E-state index contributed by atoms with van der Waals surface area (Å²) in [4.78, 5) is 23.9. The summed E-state index contributed by atoms with van der Waals surface area (Å²) < 4.78 is 10.5. The Kier molecular flexibility index (Phi) is 6.34. The van der Waals surface area contributed by atoms with Crippen LogP contribution in [0.1, 0.15) is 23.6 Å². The number of rotatable bonds is 6. The summed E-state index contributed by atoms with van der Waals surface area (Å²) in [5.74, 6) is -0.528. The average Bonchev–Trinajstić information content (AvgIpc) is 2.63. The third-order valence-electron chi connectivity index (χ3n) is 3.79. The lowest BCUT2D eigenvalue weighted by Gasteiger charge is -2.14. The Morgan fingerprint density at radius 1 is 1.12 bits per heavy atom. The molecule has 0 aliphatic carbocycles. The summed E-state index contributed by atoms with van der Waals surface area (Å²) in [6.07, 6.45) is -0.971. The monoisotopic (exact) mass is 352 g/mol. The number of hydrogen-bond acceptors (Lipinski definition) is 5. The van der Waals surface area contributed by atoms with E-state index < -0.39 is 18.0 Å². The first-order valence-electron chi connectivity index (χ1n) is 8.09. The van der Waals surface area contributed by atoms with E-state index in [1.54, 1.807) is 30.3 Å². The molecule has 134 valence electrons. The Hall–Kier alpha value is -3.33. The van der Waals surface area contributed by atoms with Crippen molar-refractivity contribution < 1.29 is 19.1 Å². The molecule has 1 N–H and O–H groups in total. The van der Waals surface area contributed by atoms with Crippen LogP contribution in [0.15, 0.2) is 42.5 Å². The van der Waals surface area contributed by atoms with Crippen LogP contribution in [0.5, 0.6) is 5.75 Å². The van der Waals surface area contributed by atoms with Crippen molar-refractivity contribution in [2.24, 2.45) is 0 Å². The number of nitrogens with one attached hydrogen (secondary N) is 1. The van der Waals surface area contributed by atoms with Gasteiger partial charge in [0.25, 0.3) is 5.91 Å². The molecule has 2 rings (SSSR count). The lowest BCUT2D eigenvalue weighted by atomic mass is 10.1. The van der Waals surface area contributed by atoms with Crippen LogP contribution in [0.2, 0.25) is 0 Å². The number of hydrogen-bond donors (Lipinski definition) is 1. The van der Waals surface area contributed by atoms with E-state index in [1.165, 1.54) is 6.92 Å². The van der Waals surface area contributed by atoms with Gasteiger partial charge in [0.05, 0.1) is 11.6 Å². The Morgan fingerprint density at radius 3 is 2.42 bits per heavy atom. The first-order chi connectivity index (χ1) is 12.4. The number of nitriles is 1. The molecule has 6 nitrogen and oxygen atoms in total. The predicted molar refractivity (Wildman–Crippen MR) is 96.8 cm³/mol. The molecule has 0 heterocycles. The van der Waals surface area contributed by atoms with E-state index in [0.717, 1.165) is 11.1 Å². The molecule has 0 fully saturated rings. The highest BCUT2D eigenvalue weighted by molar-refractivity contribution is 5.95. The molecule has 0 saturated heterocycles. The lowest BCUT2D eigenvalue weighted by Crippen LogP contribution is -2.31. The van der Waals surface area contributed by atoms with E-state index in [-0.39, 0.29) is 6.61 Å². The van der Waals surface area contributed by atoms with Gasteiger partial charge >= 0.3 is 5.97 Å². The molecular weight excluding hydrogens is 332 g/mol. The number of carbonyl (C=O) groups is 2. The van der Waals surface area contributed by atoms with Crippen molar-refractivity contribution in [3.8, 4) is 11.8 Å². The van der Waals surface area contributed by atoms with Gasteiger partial charge in [-0.1, -0.05) is 6.07 Å². The fourth-order valence-corrected chi connectivity index (χ4v) is 2.10. The van der Waals surface area contributed by atoms with Crippen LogP contribution in [0.4, 0.5) is 5.69 Å². The molecule has 0 bridgehead atoms. The smallest absolute Gasteiger partial charge is 0.344 e. The molecule has 26 heavy (non-hydrogen) atoms. The van der Waals surface area contributed by atoms with E-state index in [9.17, 15) is 9.59 Å². The molecule has 0 aliphatic rings. The minimum absolute atomic E-state index is 0.281. The zero-order valence-electron chi connectivity index (χ0n) is 14.9. The van der Waals surface area contributed by atoms with E-state index >= 15 is 0 Å². The molecule has 0 aliphatic heterocycles. The third kappa shape index (κ3) is 5.35. The van der Waals surface area contributed by atoms with Crippen molar-refractivity contribution in [3.05, 3.63) is 59.2 Å². The SMILES string of the molecule is Cc1ccc(OCC(=O)O[C@@H](C)C(=O)Nc2ccc(C#N)cc2)cc1C. The maximum atomic E-state index is 12.1. The van der Waals surface area contributed by atoms with E-state index in [4.69, 9.17) is 14.7 Å². The second kappa shape index (κ2) is 8.67. The summed E-state index contributed by atoms with van der Waals surface area (Å²) in [7, 11) is 0. The molecule has 0 saturated carbocycles. The highest BCUT2D eigenvalue weighted by Crippen LogP contribution is 2.16. The quantitative estimate of drug-likeness (QED) is 0.807. The second-order valence-electron chi connectivity index (χ2n) is 5.85. The first kappa shape index (κ1) is 19.0. The van der Waals surface area contributed by atoms with E-state index in [0.29, 0.717) is 17.0 Å². The van der Waals surface area contributed by atoms with Crippen molar-refractivity contribution in [2.45, 2.75) is 26.9 Å². The molecule has 2 aromatic carbocycles. The number of nitrogens with zero attached hydrogens (tertiary/aromatic N) is 1. The van der Waals surface area contributed by atoms with Gasteiger partial charge in [0.1, 0.15) is 5.75 Å². The zero-order valence-corrected chi connectivity index (χ0v) is 14.9. The van der Waals surface area contributed by atoms with Gasteiger partial charge in [-0.3, -0.25) is 4.79 Å². The van der Waals surface area contributed by atoms with Crippen molar-refractivity contribution in [3.63, 3.8) is 0 Å². The van der Waals surface area contributed by atoms with Crippen LogP contribution in [0, 0.1) is 25.2 Å². The van der Waals surface area contributed by atoms with Gasteiger partial charge in [-0.15, -0.1) is 0 Å². The van der Waals surface area contributed by atoms with Crippen molar-refractivity contribution in [2.75, 3.05) is 11.9 Å². The average molecular weight is 352 g/mol. The highest BCUT2D eigenvalue weighted by atomic mass is 16.6. The minimum Gasteiger partial charge on any atom is -0.482 e. The number of carbonyl (C=O) groups excluding carboxylic acids is 2. The fourth-order valence-electron chi connectivity index (χ4n) is 2.10. The number of anilines is 1. The Labute approximate surface area is 152 Å². The Bertz CT molecular complexity index is 838. The van der Waals surface area contributed by atoms with Gasteiger partial charge in [-0.25, -0.2) is 4.79 Å². The topological polar surface area (TPSA) is 88.4 Å². The molecule has 0 spiro atoms. The summed E-state index contributed by atoms with van der Waals surface area (Å²) in [5.41, 5.74) is 3.20. The van der Waals surface area contributed by atoms with Crippen molar-refractivity contribution >= 4 is 17.6 Å². The van der Waals surface area contributed by atoms with Crippen molar-refractivity contribution in [1.82, 2.24) is 0 Å². The molecule has 2 aromatic rings. The van der Waals surface area contributed by atoms with Crippen LogP contribution in [-0.4, -0.2) is 24.6 Å². The standard InChI is InChI=1S/C20H20N2O4/c1-13-4-9-18(10-14(13)2)25-12-19(23)26-15(3)20(24)22-17-7-5-16(11-21)6-8-17/h4-10,15H,12H2,1-3H3,(H,22,24)/t15-/m0/s1. The molecule has 0 aromatic heterocycles. The largest absolute Gasteiger partial charge is 0.482 e. The van der Waals surface area contributed by atoms with E-state index in [1.807, 2.05) is 32.0 Å². The molecule has 0 radical (unpaired) electrons. The number of amides is 1. The maximum Gasteiger partial charge on any atom is 0.344 e. The van der Waals surface area contributed by atoms with Crippen LogP contribution < -0.4 is 10.1 Å². The number of aryl methyl sites for hydroxylation is 2. The second-order valence-corrected chi connectivity index (χ2v) is 5.85. The molecule has 1 atom stereocenters. The lowest BCUT2D eigenvalue weighted by molar-refractivity contribution is -0.155. The fraction of sp³-hybridized carbons (Fsp3) is 0.250. The van der Waals surface area contributed by atoms with Gasteiger partial charge in [-0.05, 0) is 68.3 Å². The summed E-state index contributed by atoms with van der Waals surface area (Å²) in [5, 5.41) is 11.4. The first-order valence-corrected chi connectivity index (χ1v) is 8.09. The summed E-state index contributed by atoms with van der Waals surface area (Å²) in [6, 6.07) is 13.9. The minimum atomic E-state index is -0.971. The van der Waals surface area contributed by atoms with E-state index in [2.05, 4.69) is 5.32 Å². The van der Waals surface area contributed by atoms with Gasteiger partial charge in [-0.2, -0.15) is 5.26 Å². The number of ether oxygens (including phenoxy) is 2. The van der Waals surface area contributed by atoms with Crippen LogP contribution in [0.25, 0.3) is 0 Å². The summed E-state index contributed by atoms with van der Waals surface area (Å²) >= 11 is 0. The maximum absolute atomic E-state index is 12.1. The molecule has 6 heteroatoms. The normalized spacial score (nSPS) is 11.2. The zero-order chi connectivity index (χ0) is 19.1. The molecule has 0 unspecified atom stereocenters. The highest BCUT2D eigenvalue weighted by Gasteiger charge is 2.18. The summed E-state index contributed by atoms with van der Waals surface area (Å²) in [6.45, 7) is 5.14. The van der Waals surface area contributed by atoms with Gasteiger partial charge < -0.3 is 14.8 Å². The van der Waals surface area contributed by atoms with Crippen LogP contribution >= 0.6 is 0 Å². The third-order valence-corrected chi connectivity index (χ3v) is 3.79. The van der Waals surface area contributed by atoms with Crippen molar-refractivity contribution in [1.29, 1.82) is 5.26 Å². The number of benzene rings is 2. The predicted octanol–water partition coefficient (Wildman–Crippen LogP) is 3.12. The molecule has 1 amide bonds. The van der Waals surface area contributed by atoms with Crippen LogP contribution in [-0.2, 0) is 14.3 Å². The number of esters is 1. The van der Waals surface area contributed by atoms with Gasteiger partial charge in [0, 0.05) is 5.69 Å². The Balaban J connectivity index is 1.82. The Morgan fingerprint density at radius 2 is 1.81 bits per heavy atom. The molecular formula is C20H20N2O4. The van der Waals surface area contributed by atoms with Gasteiger partial charge in [0.15, 0.2) is 12.7 Å². The van der Waals surface area contributed by atoms with Crippen LogP contribution in [0.3, 0.4) is 0 Å². The van der Waals surface area contributed by atoms with Gasteiger partial charge in [0.2, 0.25) is 0 Å².